The van der Waals surface area contributed by atoms with Gasteiger partial charge in [-0.05, 0) is 0 Å². The Morgan fingerprint density at radius 2 is 2.43 bits per heavy atom. The summed E-state index contributed by atoms with van der Waals surface area (Å²) in [5.74, 6) is 0. The molecule has 0 rings (SSSR count). The van der Waals surface area contributed by atoms with Gasteiger partial charge in [0, 0.05) is 0 Å². The average molecular weight is 312 g/mol. The Kier molecular flexibility index (Phi) is 9.24. The zero-order valence-corrected chi connectivity index (χ0v) is 10.8. The van der Waals surface area contributed by atoms with Gasteiger partial charge in [0.25, 0.3) is 0 Å². The molecule has 38 valence electrons. The van der Waals surface area contributed by atoms with Crippen molar-refractivity contribution in [1.29, 1.82) is 0 Å². The van der Waals surface area contributed by atoms with Crippen LogP contribution in [0.25, 0.3) is 0 Å². The van der Waals surface area contributed by atoms with Gasteiger partial charge in [-0.15, -0.1) is 0 Å². The summed E-state index contributed by atoms with van der Waals surface area (Å²) in [6, 6.07) is 0. The molecule has 0 saturated heterocycles. The monoisotopic (exact) mass is 314 g/mol. The van der Waals surface area contributed by atoms with Gasteiger partial charge < -0.3 is 0 Å². The second-order valence-electron chi connectivity index (χ2n) is 1.37. The molecule has 0 saturated carbocycles. The molecule has 2 radical (unpaired) electrons. The summed E-state index contributed by atoms with van der Waals surface area (Å²) in [5, 5.41) is 0. The van der Waals surface area contributed by atoms with E-state index in [0.717, 1.165) is 22.9 Å². The van der Waals surface area contributed by atoms with Crippen molar-refractivity contribution < 1.29 is 1.41 Å². The van der Waals surface area contributed by atoms with Crippen LogP contribution in [-0.2, 0) is 1.41 Å². The molecule has 0 atom stereocenters. The van der Waals surface area contributed by atoms with Gasteiger partial charge >= 0.3 is 70.1 Å². The summed E-state index contributed by atoms with van der Waals surface area (Å²) >= 11 is 0.777. The van der Waals surface area contributed by atoms with E-state index in [1.54, 1.807) is 0 Å². The third-order valence-electron chi connectivity index (χ3n) is 0.716. The molecule has 1 nitrogen and oxygen atoms in total. The zero-order valence-electron chi connectivity index (χ0n) is 4.61. The molecule has 0 aliphatic heterocycles. The maximum atomic E-state index is 5.14. The standard InChI is InChI=1S/C4H9.O.2Sn.H/c1-3-4-2;;;;/h1,3-4H2,2H3;;;;/q;;;+2;. The quantitative estimate of drug-likeness (QED) is 0.547. The summed E-state index contributed by atoms with van der Waals surface area (Å²) < 4.78 is 6.56. The van der Waals surface area contributed by atoms with Gasteiger partial charge in [0.05, 0.1) is 0 Å². The first-order valence-electron chi connectivity index (χ1n) is 2.50. The van der Waals surface area contributed by atoms with Crippen LogP contribution in [-0.4, -0.2) is 44.5 Å². The van der Waals surface area contributed by atoms with Crippen molar-refractivity contribution in [3.05, 3.63) is 0 Å². The number of hydrogen-bond donors (Lipinski definition) is 0. The molecule has 0 aromatic carbocycles. The zero-order chi connectivity index (χ0) is 5.54. The summed E-state index contributed by atoms with van der Waals surface area (Å²) in [4.78, 5) is 0. The predicted octanol–water partition coefficient (Wildman–Crippen LogP) is 0.656. The van der Waals surface area contributed by atoms with Crippen LogP contribution < -0.4 is 0 Å². The molecule has 0 aromatic heterocycles. The molecule has 0 aliphatic carbocycles. The van der Waals surface area contributed by atoms with Crippen molar-refractivity contribution in [3.63, 3.8) is 0 Å². The minimum absolute atomic E-state index is 0.259. The van der Waals surface area contributed by atoms with E-state index in [4.69, 9.17) is 1.41 Å². The molecule has 7 heavy (non-hydrogen) atoms. The Labute approximate surface area is 69.6 Å². The van der Waals surface area contributed by atoms with Crippen molar-refractivity contribution in [2.45, 2.75) is 24.2 Å². The van der Waals surface area contributed by atoms with Crippen LogP contribution in [0.15, 0.2) is 0 Å². The molecule has 0 amide bonds. The Hall–Kier alpha value is 1.56. The van der Waals surface area contributed by atoms with Gasteiger partial charge in [-0.1, -0.05) is 0 Å². The fourth-order valence-corrected chi connectivity index (χ4v) is 4.32. The van der Waals surface area contributed by atoms with Crippen LogP contribution in [0, 0.1) is 0 Å². The van der Waals surface area contributed by atoms with E-state index >= 15 is 0 Å². The molecule has 0 fully saturated rings. The van der Waals surface area contributed by atoms with Crippen LogP contribution in [0.4, 0.5) is 0 Å². The summed E-state index contributed by atoms with van der Waals surface area (Å²) in [7, 11) is 0. The maximum absolute atomic E-state index is 5.14. The first-order valence-corrected chi connectivity index (χ1v) is 7.03. The van der Waals surface area contributed by atoms with Gasteiger partial charge in [-0.25, -0.2) is 0 Å². The molecule has 0 N–H and O–H groups in total. The molecule has 0 unspecified atom stereocenters. The van der Waals surface area contributed by atoms with E-state index in [1.807, 2.05) is 0 Å². The third-order valence-corrected chi connectivity index (χ3v) is 5.97. The van der Waals surface area contributed by atoms with Crippen molar-refractivity contribution >= 4 is 44.5 Å². The van der Waals surface area contributed by atoms with Gasteiger partial charge in [0.1, 0.15) is 0 Å². The van der Waals surface area contributed by atoms with Crippen LogP contribution in [0.3, 0.4) is 0 Å². The van der Waals surface area contributed by atoms with E-state index < -0.39 is 0 Å². The normalized spacial score (nSPS) is 8.29. The van der Waals surface area contributed by atoms with Crippen LogP contribution >= 0.6 is 0 Å². The van der Waals surface area contributed by atoms with E-state index in [2.05, 4.69) is 6.92 Å². The second kappa shape index (κ2) is 7.56. The molecule has 0 bridgehead atoms. The van der Waals surface area contributed by atoms with Crippen LogP contribution in [0.5, 0.6) is 0 Å². The Morgan fingerprint density at radius 3 is 2.86 bits per heavy atom. The van der Waals surface area contributed by atoms with E-state index in [0.29, 0.717) is 0 Å². The summed E-state index contributed by atoms with van der Waals surface area (Å²) in [5.41, 5.74) is 0. The SMILES string of the molecule is CCC[CH2][Sn+2][O][SnH]. The molecule has 0 spiro atoms. The van der Waals surface area contributed by atoms with Crippen molar-refractivity contribution in [2.75, 3.05) is 0 Å². The summed E-state index contributed by atoms with van der Waals surface area (Å²) in [6.07, 6.45) is 2.73. The van der Waals surface area contributed by atoms with E-state index in [9.17, 15) is 0 Å². The van der Waals surface area contributed by atoms with Crippen molar-refractivity contribution in [1.82, 2.24) is 0 Å². The van der Waals surface area contributed by atoms with E-state index in [-0.39, 0.29) is 21.6 Å². The second-order valence-corrected chi connectivity index (χ2v) is 8.80. The topological polar surface area (TPSA) is 9.23 Å². The third kappa shape index (κ3) is 7.56. The minimum atomic E-state index is -0.259. The fourth-order valence-electron chi connectivity index (χ4n) is 0.308. The van der Waals surface area contributed by atoms with Gasteiger partial charge in [0.15, 0.2) is 0 Å². The molecule has 0 aromatic rings. The van der Waals surface area contributed by atoms with Crippen LogP contribution in [0.1, 0.15) is 19.8 Å². The molecular weight excluding hydrogens is 301 g/mol. The van der Waals surface area contributed by atoms with Crippen LogP contribution in [0.2, 0.25) is 4.44 Å². The number of rotatable bonds is 4. The molecule has 3 heteroatoms. The summed E-state index contributed by atoms with van der Waals surface area (Å²) in [6.45, 7) is 2.23. The molecule has 0 aliphatic rings. The first-order chi connectivity index (χ1) is 3.41. The van der Waals surface area contributed by atoms with Crippen molar-refractivity contribution in [2.24, 2.45) is 0 Å². The average Bonchev–Trinajstić information content (AvgIpc) is 1.69. The van der Waals surface area contributed by atoms with E-state index in [1.165, 1.54) is 17.3 Å². The number of unbranched alkanes of at least 4 members (excludes halogenated alkanes) is 1. The van der Waals surface area contributed by atoms with Gasteiger partial charge in [0.2, 0.25) is 0 Å². The first kappa shape index (κ1) is 8.56. The molecular formula is C4H10OSn2+2. The Morgan fingerprint density at radius 1 is 1.71 bits per heavy atom. The number of hydrogen-bond acceptors (Lipinski definition) is 1. The van der Waals surface area contributed by atoms with Crippen molar-refractivity contribution in [3.8, 4) is 0 Å². The van der Waals surface area contributed by atoms with Gasteiger partial charge in [-0.2, -0.15) is 0 Å². The fraction of sp³-hybridized carbons (Fsp3) is 1.00. The molecule has 0 heterocycles. The predicted molar refractivity (Wildman–Crippen MR) is 33.7 cm³/mol. The van der Waals surface area contributed by atoms with Gasteiger partial charge in [-0.3, -0.25) is 0 Å². The Bertz CT molecular complexity index is 28.9. The Balaban J connectivity index is 2.45.